The molecule has 0 radical (unpaired) electrons. The third-order valence-corrected chi connectivity index (χ3v) is 4.29. The molecule has 0 unspecified atom stereocenters. The molecular weight excluding hydrogens is 369 g/mol. The van der Waals surface area contributed by atoms with Gasteiger partial charge in [0.05, 0.1) is 15.5 Å². The van der Waals surface area contributed by atoms with E-state index in [9.17, 15) is 4.79 Å². The van der Waals surface area contributed by atoms with Crippen molar-refractivity contribution in [2.75, 3.05) is 7.05 Å². The first-order valence-corrected chi connectivity index (χ1v) is 7.32. The van der Waals surface area contributed by atoms with Crippen molar-refractivity contribution in [3.63, 3.8) is 0 Å². The second-order valence-corrected chi connectivity index (χ2v) is 6.06. The van der Waals surface area contributed by atoms with Crippen LogP contribution in [0.15, 0.2) is 6.20 Å². The van der Waals surface area contributed by atoms with Crippen LogP contribution in [0.3, 0.4) is 0 Å². The van der Waals surface area contributed by atoms with Crippen molar-refractivity contribution in [1.29, 1.82) is 0 Å². The summed E-state index contributed by atoms with van der Waals surface area (Å²) in [5.41, 5.74) is 3.76. The van der Waals surface area contributed by atoms with Crippen LogP contribution in [0.5, 0.6) is 0 Å². The maximum atomic E-state index is 12.5. The van der Waals surface area contributed by atoms with Gasteiger partial charge in [-0.25, -0.2) is 0 Å². The molecule has 0 aliphatic carbocycles. The molecule has 2 rings (SSSR count). The summed E-state index contributed by atoms with van der Waals surface area (Å²) in [6, 6.07) is 0. The van der Waals surface area contributed by atoms with Gasteiger partial charge in [0.2, 0.25) is 0 Å². The average molecular weight is 387 g/mol. The maximum Gasteiger partial charge on any atom is 0.273 e. The summed E-state index contributed by atoms with van der Waals surface area (Å²) in [5, 5.41) is 8.49. The van der Waals surface area contributed by atoms with E-state index in [1.54, 1.807) is 29.9 Å². The first-order chi connectivity index (χ1) is 9.32. The number of carbonyl (C=O) groups is 1. The number of hydrogen-bond acceptors (Lipinski definition) is 3. The molecular formula is C13H18IN5O. The highest BCUT2D eigenvalue weighted by Crippen LogP contribution is 2.17. The van der Waals surface area contributed by atoms with Crippen molar-refractivity contribution < 1.29 is 4.79 Å². The number of aryl methyl sites for hydroxylation is 3. The first kappa shape index (κ1) is 15.0. The fraction of sp³-hybridized carbons (Fsp3) is 0.462. The molecule has 0 N–H and O–H groups in total. The molecule has 2 aromatic rings. The summed E-state index contributed by atoms with van der Waals surface area (Å²) < 4.78 is 4.32. The topological polar surface area (TPSA) is 56.0 Å². The van der Waals surface area contributed by atoms with Gasteiger partial charge in [0, 0.05) is 38.9 Å². The second kappa shape index (κ2) is 5.55. The van der Waals surface area contributed by atoms with Crippen LogP contribution >= 0.6 is 22.6 Å². The summed E-state index contributed by atoms with van der Waals surface area (Å²) in [6.07, 6.45) is 1.70. The van der Waals surface area contributed by atoms with Crippen LogP contribution in [0.1, 0.15) is 27.4 Å². The summed E-state index contributed by atoms with van der Waals surface area (Å²) in [6.45, 7) is 4.53. The van der Waals surface area contributed by atoms with Crippen LogP contribution in [0.2, 0.25) is 0 Å². The zero-order valence-corrected chi connectivity index (χ0v) is 14.5. The predicted molar refractivity (Wildman–Crippen MR) is 84.4 cm³/mol. The van der Waals surface area contributed by atoms with Gasteiger partial charge in [-0.3, -0.25) is 14.2 Å². The SMILES string of the molecule is Cc1nn(C)c(C)c1CN(C)C(=O)c1c(I)cnn1C. The largest absolute Gasteiger partial charge is 0.336 e. The van der Waals surface area contributed by atoms with Crippen molar-refractivity contribution in [2.45, 2.75) is 20.4 Å². The van der Waals surface area contributed by atoms with E-state index < -0.39 is 0 Å². The van der Waals surface area contributed by atoms with Gasteiger partial charge in [0.25, 0.3) is 5.91 Å². The molecule has 0 aliphatic rings. The highest BCUT2D eigenvalue weighted by molar-refractivity contribution is 14.1. The quantitative estimate of drug-likeness (QED) is 0.753. The fourth-order valence-electron chi connectivity index (χ4n) is 2.19. The highest BCUT2D eigenvalue weighted by Gasteiger charge is 2.21. The van der Waals surface area contributed by atoms with Gasteiger partial charge >= 0.3 is 0 Å². The number of halogens is 1. The zero-order valence-electron chi connectivity index (χ0n) is 12.3. The molecule has 0 spiro atoms. The molecule has 0 fully saturated rings. The molecule has 7 heteroatoms. The van der Waals surface area contributed by atoms with E-state index >= 15 is 0 Å². The van der Waals surface area contributed by atoms with Gasteiger partial charge in [0.1, 0.15) is 5.69 Å². The van der Waals surface area contributed by atoms with Crippen molar-refractivity contribution in [1.82, 2.24) is 24.5 Å². The van der Waals surface area contributed by atoms with Crippen molar-refractivity contribution in [2.24, 2.45) is 14.1 Å². The van der Waals surface area contributed by atoms with Crippen LogP contribution in [0, 0.1) is 17.4 Å². The lowest BCUT2D eigenvalue weighted by molar-refractivity contribution is 0.0772. The zero-order chi connectivity index (χ0) is 15.0. The van der Waals surface area contributed by atoms with Crippen molar-refractivity contribution in [3.8, 4) is 0 Å². The van der Waals surface area contributed by atoms with Crippen LogP contribution in [-0.2, 0) is 20.6 Å². The predicted octanol–water partition coefficient (Wildman–Crippen LogP) is 1.65. The summed E-state index contributed by atoms with van der Waals surface area (Å²) in [4.78, 5) is 14.2. The molecule has 0 atom stereocenters. The van der Waals surface area contributed by atoms with E-state index in [-0.39, 0.29) is 5.91 Å². The van der Waals surface area contributed by atoms with Crippen LogP contribution < -0.4 is 0 Å². The lowest BCUT2D eigenvalue weighted by atomic mass is 10.2. The van der Waals surface area contributed by atoms with Gasteiger partial charge in [-0.2, -0.15) is 10.2 Å². The molecule has 0 saturated heterocycles. The molecule has 20 heavy (non-hydrogen) atoms. The smallest absolute Gasteiger partial charge is 0.273 e. The Morgan fingerprint density at radius 1 is 1.35 bits per heavy atom. The monoisotopic (exact) mass is 387 g/mol. The molecule has 1 amide bonds. The summed E-state index contributed by atoms with van der Waals surface area (Å²) in [7, 11) is 5.50. The second-order valence-electron chi connectivity index (χ2n) is 4.90. The Balaban J connectivity index is 2.24. The Labute approximate surface area is 131 Å². The van der Waals surface area contributed by atoms with Gasteiger partial charge in [-0.15, -0.1) is 0 Å². The Morgan fingerprint density at radius 3 is 2.45 bits per heavy atom. The van der Waals surface area contributed by atoms with E-state index in [4.69, 9.17) is 0 Å². The molecule has 0 aliphatic heterocycles. The van der Waals surface area contributed by atoms with Gasteiger partial charge in [-0.05, 0) is 36.4 Å². The standard InChI is InChI=1S/C13H18IN5O/c1-8-10(9(2)18(4)16-8)7-17(3)13(20)12-11(14)6-15-19(12)5/h6H,7H2,1-5H3. The van der Waals surface area contributed by atoms with Crippen LogP contribution in [0.25, 0.3) is 0 Å². The van der Waals surface area contributed by atoms with Gasteiger partial charge < -0.3 is 4.90 Å². The van der Waals surface area contributed by atoms with Crippen molar-refractivity contribution >= 4 is 28.5 Å². The third-order valence-electron chi connectivity index (χ3n) is 3.50. The highest BCUT2D eigenvalue weighted by atomic mass is 127. The Hall–Kier alpha value is -1.38. The number of amides is 1. The van der Waals surface area contributed by atoms with Crippen LogP contribution in [0.4, 0.5) is 0 Å². The molecule has 6 nitrogen and oxygen atoms in total. The molecule has 0 aromatic carbocycles. The number of hydrogen-bond donors (Lipinski definition) is 0. The number of rotatable bonds is 3. The summed E-state index contributed by atoms with van der Waals surface area (Å²) >= 11 is 2.13. The maximum absolute atomic E-state index is 12.5. The van der Waals surface area contributed by atoms with E-state index in [1.165, 1.54) is 0 Å². The third kappa shape index (κ3) is 2.58. The Kier molecular flexibility index (Phi) is 4.17. The summed E-state index contributed by atoms with van der Waals surface area (Å²) in [5.74, 6) is -0.0305. The molecule has 0 bridgehead atoms. The van der Waals surface area contributed by atoms with E-state index in [0.29, 0.717) is 12.2 Å². The minimum atomic E-state index is -0.0305. The number of aromatic nitrogens is 4. The minimum Gasteiger partial charge on any atom is -0.336 e. The Bertz CT molecular complexity index is 639. The number of nitrogens with zero attached hydrogens (tertiary/aromatic N) is 5. The van der Waals surface area contributed by atoms with E-state index in [0.717, 1.165) is 20.5 Å². The van der Waals surface area contributed by atoms with Gasteiger partial charge in [-0.1, -0.05) is 0 Å². The van der Waals surface area contributed by atoms with Crippen molar-refractivity contribution in [3.05, 3.63) is 32.4 Å². The fourth-order valence-corrected chi connectivity index (χ4v) is 2.89. The lowest BCUT2D eigenvalue weighted by Crippen LogP contribution is -2.29. The molecule has 2 heterocycles. The molecule has 0 saturated carbocycles. The normalized spacial score (nSPS) is 10.9. The molecule has 2 aromatic heterocycles. The van der Waals surface area contributed by atoms with E-state index in [1.807, 2.05) is 25.6 Å². The van der Waals surface area contributed by atoms with Crippen LogP contribution in [-0.4, -0.2) is 37.4 Å². The molecule has 108 valence electrons. The Morgan fingerprint density at radius 2 is 2.00 bits per heavy atom. The van der Waals surface area contributed by atoms with E-state index in [2.05, 4.69) is 32.8 Å². The minimum absolute atomic E-state index is 0.0305. The average Bonchev–Trinajstić information content (AvgIpc) is 2.83. The van der Waals surface area contributed by atoms with Gasteiger partial charge in [0.15, 0.2) is 0 Å². The lowest BCUT2D eigenvalue weighted by Gasteiger charge is -2.18. The number of carbonyl (C=O) groups excluding carboxylic acids is 1. The first-order valence-electron chi connectivity index (χ1n) is 6.25.